The van der Waals surface area contributed by atoms with Crippen molar-refractivity contribution in [3.63, 3.8) is 0 Å². The molecule has 0 heterocycles. The van der Waals surface area contributed by atoms with Gasteiger partial charge in [-0.25, -0.2) is 0 Å². The molecule has 21 heavy (non-hydrogen) atoms. The molecule has 0 saturated heterocycles. The van der Waals surface area contributed by atoms with Crippen LogP contribution < -0.4 is 0 Å². The van der Waals surface area contributed by atoms with Gasteiger partial charge in [-0.15, -0.1) is 0 Å². The highest BCUT2D eigenvalue weighted by molar-refractivity contribution is 8.03. The van der Waals surface area contributed by atoms with Gasteiger partial charge in [0.1, 0.15) is 0 Å². The molecular formula is C12H6Cl6O2S. The van der Waals surface area contributed by atoms with Crippen molar-refractivity contribution in [3.05, 3.63) is 49.3 Å². The molecule has 0 radical (unpaired) electrons. The largest absolute Gasteiger partial charge is 0.357 e. The number of aliphatic hydroxyl groups is 2. The Labute approximate surface area is 155 Å². The molecule has 1 aliphatic rings. The molecule has 0 aliphatic heterocycles. The molecule has 0 bridgehead atoms. The molecule has 9 heteroatoms. The summed E-state index contributed by atoms with van der Waals surface area (Å²) in [5.41, 5.74) is 0. The maximum absolute atomic E-state index is 10.1. The summed E-state index contributed by atoms with van der Waals surface area (Å²) in [7, 11) is 0. The molecule has 114 valence electrons. The van der Waals surface area contributed by atoms with E-state index in [9.17, 15) is 10.2 Å². The van der Waals surface area contributed by atoms with E-state index in [0.717, 1.165) is 17.8 Å². The monoisotopic (exact) mass is 424 g/mol. The summed E-state index contributed by atoms with van der Waals surface area (Å²) < 4.78 is -1.67. The molecule has 1 aliphatic carbocycles. The quantitative estimate of drug-likeness (QED) is 0.482. The van der Waals surface area contributed by atoms with Crippen molar-refractivity contribution in [3.8, 4) is 0 Å². The lowest BCUT2D eigenvalue weighted by molar-refractivity contribution is -0.0832. The maximum Gasteiger partial charge on any atom is 0.235 e. The highest BCUT2D eigenvalue weighted by atomic mass is 35.5. The standard InChI is InChI=1S/C12H6Cl6O2S/c13-5-2-1-3-6(8(5)15)21-10-9(16)11(17,18)4-7(14)12(10,19)20/h1-4,19-20H. The summed E-state index contributed by atoms with van der Waals surface area (Å²) in [4.78, 5) is 0.297. The van der Waals surface area contributed by atoms with E-state index in [1.165, 1.54) is 0 Å². The van der Waals surface area contributed by atoms with Gasteiger partial charge in [0.15, 0.2) is 4.33 Å². The second-order valence-corrected chi connectivity index (χ2v) is 8.09. The molecule has 0 aromatic heterocycles. The zero-order chi connectivity index (χ0) is 16.0. The lowest BCUT2D eigenvalue weighted by atomic mass is 10.1. The number of benzene rings is 1. The second kappa shape index (κ2) is 6.31. The number of alkyl halides is 2. The van der Waals surface area contributed by atoms with E-state index in [1.54, 1.807) is 18.2 Å². The Balaban J connectivity index is 2.53. The normalized spacial score (nSPS) is 20.5. The topological polar surface area (TPSA) is 40.5 Å². The van der Waals surface area contributed by atoms with Gasteiger partial charge in [-0.05, 0) is 18.2 Å². The number of halogens is 6. The van der Waals surface area contributed by atoms with Crippen LogP contribution in [-0.2, 0) is 0 Å². The molecule has 2 rings (SSSR count). The molecule has 1 aromatic carbocycles. The van der Waals surface area contributed by atoms with E-state index >= 15 is 0 Å². The van der Waals surface area contributed by atoms with E-state index in [4.69, 9.17) is 69.6 Å². The molecule has 0 spiro atoms. The van der Waals surface area contributed by atoms with Gasteiger partial charge in [-0.2, -0.15) is 0 Å². The van der Waals surface area contributed by atoms with Gasteiger partial charge >= 0.3 is 0 Å². The van der Waals surface area contributed by atoms with Crippen molar-refractivity contribution in [1.29, 1.82) is 0 Å². The zero-order valence-corrected chi connectivity index (χ0v) is 15.2. The fraction of sp³-hybridized carbons (Fsp3) is 0.167. The summed E-state index contributed by atoms with van der Waals surface area (Å²) in [6, 6.07) is 4.87. The van der Waals surface area contributed by atoms with Crippen LogP contribution in [0.15, 0.2) is 44.1 Å². The molecular weight excluding hydrogens is 421 g/mol. The van der Waals surface area contributed by atoms with Crippen LogP contribution in [0.25, 0.3) is 0 Å². The summed E-state index contributed by atoms with van der Waals surface area (Å²) in [6.45, 7) is 0. The molecule has 1 aromatic rings. The van der Waals surface area contributed by atoms with Crippen LogP contribution in [0, 0.1) is 0 Å². The van der Waals surface area contributed by atoms with Crippen molar-refractivity contribution in [2.45, 2.75) is 15.0 Å². The van der Waals surface area contributed by atoms with Crippen molar-refractivity contribution in [1.82, 2.24) is 0 Å². The first kappa shape index (κ1) is 18.1. The van der Waals surface area contributed by atoms with Crippen LogP contribution in [0.2, 0.25) is 10.0 Å². The first-order chi connectivity index (χ1) is 9.57. The fourth-order valence-corrected chi connectivity index (χ4v) is 4.31. The Kier molecular flexibility index (Phi) is 5.42. The lowest BCUT2D eigenvalue weighted by Crippen LogP contribution is -2.37. The third-order valence-electron chi connectivity index (χ3n) is 2.58. The highest BCUT2D eigenvalue weighted by Crippen LogP contribution is 2.53. The van der Waals surface area contributed by atoms with Crippen molar-refractivity contribution >= 4 is 81.4 Å². The molecule has 0 unspecified atom stereocenters. The summed E-state index contributed by atoms with van der Waals surface area (Å²) in [6.07, 6.45) is 1.05. The Bertz CT molecular complexity index is 653. The number of thioether (sulfide) groups is 1. The lowest BCUT2D eigenvalue weighted by Gasteiger charge is -2.33. The number of allylic oxidation sites excluding steroid dienone is 2. The summed E-state index contributed by atoms with van der Waals surface area (Å²) in [5, 5.41) is 20.2. The number of hydrogen-bond donors (Lipinski definition) is 2. The average Bonchev–Trinajstić information content (AvgIpc) is 2.37. The molecule has 0 saturated carbocycles. The number of rotatable bonds is 2. The third kappa shape index (κ3) is 3.47. The minimum Gasteiger partial charge on any atom is -0.357 e. The third-order valence-corrected chi connectivity index (χ3v) is 6.52. The van der Waals surface area contributed by atoms with Crippen LogP contribution in [0.5, 0.6) is 0 Å². The van der Waals surface area contributed by atoms with Crippen LogP contribution >= 0.6 is 81.4 Å². The summed E-state index contributed by atoms with van der Waals surface area (Å²) >= 11 is 36.7. The second-order valence-electron chi connectivity index (χ2n) is 4.08. The van der Waals surface area contributed by atoms with Crippen LogP contribution in [-0.4, -0.2) is 20.3 Å². The molecule has 2 nitrogen and oxygen atoms in total. The van der Waals surface area contributed by atoms with Crippen LogP contribution in [0.3, 0.4) is 0 Å². The van der Waals surface area contributed by atoms with Crippen molar-refractivity contribution < 1.29 is 10.2 Å². The Morgan fingerprint density at radius 3 is 2.24 bits per heavy atom. The zero-order valence-electron chi connectivity index (χ0n) is 9.88. The van der Waals surface area contributed by atoms with E-state index in [-0.39, 0.29) is 20.0 Å². The summed E-state index contributed by atoms with van der Waals surface area (Å²) in [5.74, 6) is -2.51. The Hall–Kier alpha value is 0.710. The van der Waals surface area contributed by atoms with E-state index in [1.807, 2.05) is 0 Å². The Morgan fingerprint density at radius 2 is 1.62 bits per heavy atom. The van der Waals surface area contributed by atoms with E-state index in [0.29, 0.717) is 9.92 Å². The van der Waals surface area contributed by atoms with Gasteiger partial charge in [-0.3, -0.25) is 0 Å². The van der Waals surface area contributed by atoms with Crippen LogP contribution in [0.4, 0.5) is 0 Å². The molecule has 0 atom stereocenters. The minimum absolute atomic E-state index is 0.147. The smallest absolute Gasteiger partial charge is 0.235 e. The van der Waals surface area contributed by atoms with Crippen molar-refractivity contribution in [2.24, 2.45) is 0 Å². The predicted octanol–water partition coefficient (Wildman–Crippen LogP) is 5.53. The maximum atomic E-state index is 10.1. The predicted molar refractivity (Wildman–Crippen MR) is 90.7 cm³/mol. The molecule has 2 N–H and O–H groups in total. The van der Waals surface area contributed by atoms with E-state index < -0.39 is 10.1 Å². The van der Waals surface area contributed by atoms with Gasteiger partial charge < -0.3 is 10.2 Å². The minimum atomic E-state index is -2.51. The van der Waals surface area contributed by atoms with Gasteiger partial charge in [0, 0.05) is 4.90 Å². The van der Waals surface area contributed by atoms with Crippen LogP contribution in [0.1, 0.15) is 0 Å². The first-order valence-corrected chi connectivity index (χ1v) is 8.40. The van der Waals surface area contributed by atoms with Gasteiger partial charge in [0.05, 0.1) is 25.0 Å². The SMILES string of the molecule is OC1(O)C(Cl)=CC(Cl)(Cl)C(Cl)=C1Sc1cccc(Cl)c1Cl. The highest BCUT2D eigenvalue weighted by Gasteiger charge is 2.46. The molecule has 0 amide bonds. The average molecular weight is 427 g/mol. The van der Waals surface area contributed by atoms with E-state index in [2.05, 4.69) is 0 Å². The van der Waals surface area contributed by atoms with Crippen molar-refractivity contribution in [2.75, 3.05) is 0 Å². The number of hydrogen-bond acceptors (Lipinski definition) is 3. The first-order valence-electron chi connectivity index (χ1n) is 5.31. The van der Waals surface area contributed by atoms with Gasteiger partial charge in [0.2, 0.25) is 5.79 Å². The Morgan fingerprint density at radius 1 is 1.00 bits per heavy atom. The van der Waals surface area contributed by atoms with Gasteiger partial charge in [-0.1, -0.05) is 87.4 Å². The van der Waals surface area contributed by atoms with Gasteiger partial charge in [0.25, 0.3) is 0 Å². The molecule has 0 fully saturated rings. The fourth-order valence-electron chi connectivity index (χ4n) is 1.52.